The summed E-state index contributed by atoms with van der Waals surface area (Å²) in [4.78, 5) is 0. The molecular weight excluding hydrogens is 290 g/mol. The molecule has 2 rings (SSSR count). The van der Waals surface area contributed by atoms with Crippen LogP contribution in [0, 0.1) is 5.92 Å². The molecule has 2 unspecified atom stereocenters. The van der Waals surface area contributed by atoms with Crippen LogP contribution in [0.5, 0.6) is 11.5 Å². The van der Waals surface area contributed by atoms with Gasteiger partial charge in [-0.05, 0) is 18.8 Å². The van der Waals surface area contributed by atoms with E-state index in [0.29, 0.717) is 34.6 Å². The van der Waals surface area contributed by atoms with Crippen LogP contribution in [0.15, 0.2) is 12.1 Å². The molecule has 0 aromatic heterocycles. The van der Waals surface area contributed by atoms with Crippen molar-refractivity contribution in [3.8, 4) is 11.5 Å². The van der Waals surface area contributed by atoms with Gasteiger partial charge in [0.05, 0.1) is 31.0 Å². The molecule has 0 spiro atoms. The monoisotopic (exact) mass is 313 g/mol. The summed E-state index contributed by atoms with van der Waals surface area (Å²) in [5, 5.41) is 4.15. The van der Waals surface area contributed by atoms with Crippen LogP contribution in [0.2, 0.25) is 5.02 Å². The first kappa shape index (κ1) is 16.2. The average Bonchev–Trinajstić information content (AvgIpc) is 2.49. The largest absolute Gasteiger partial charge is 0.493 e. The summed E-state index contributed by atoms with van der Waals surface area (Å²) in [6, 6.07) is 4.03. The van der Waals surface area contributed by atoms with Gasteiger partial charge in [-0.3, -0.25) is 0 Å². The Morgan fingerprint density at radius 3 is 2.52 bits per heavy atom. The molecule has 1 aliphatic rings. The van der Waals surface area contributed by atoms with E-state index < -0.39 is 0 Å². The van der Waals surface area contributed by atoms with Crippen LogP contribution in [0.3, 0.4) is 0 Å². The minimum Gasteiger partial charge on any atom is -0.493 e. The lowest BCUT2D eigenvalue weighted by molar-refractivity contribution is -0.0160. The van der Waals surface area contributed by atoms with Crippen molar-refractivity contribution in [3.05, 3.63) is 17.2 Å². The van der Waals surface area contributed by atoms with Gasteiger partial charge in [-0.1, -0.05) is 25.4 Å². The Morgan fingerprint density at radius 1 is 1.24 bits per heavy atom. The highest BCUT2D eigenvalue weighted by atomic mass is 35.5. The van der Waals surface area contributed by atoms with E-state index in [4.69, 9.17) is 25.8 Å². The smallest absolute Gasteiger partial charge is 0.162 e. The highest BCUT2D eigenvalue weighted by Crippen LogP contribution is 2.37. The molecule has 1 heterocycles. The molecule has 0 saturated carbocycles. The van der Waals surface area contributed by atoms with Crippen molar-refractivity contribution < 1.29 is 14.2 Å². The Kier molecular flexibility index (Phi) is 5.59. The fraction of sp³-hybridized carbons (Fsp3) is 0.625. The summed E-state index contributed by atoms with van der Waals surface area (Å²) >= 11 is 6.33. The minimum atomic E-state index is 0.301. The SMILES string of the molecule is COc1cc(Cl)c(NC2CCOC(C(C)C)C2)cc1OC. The van der Waals surface area contributed by atoms with E-state index in [1.165, 1.54) is 0 Å². The molecule has 1 fully saturated rings. The summed E-state index contributed by atoms with van der Waals surface area (Å²) in [6.07, 6.45) is 2.27. The number of anilines is 1. The second-order valence-electron chi connectivity index (χ2n) is 5.71. The van der Waals surface area contributed by atoms with Crippen LogP contribution in [0.4, 0.5) is 5.69 Å². The molecule has 0 bridgehead atoms. The maximum atomic E-state index is 6.33. The normalized spacial score (nSPS) is 22.2. The van der Waals surface area contributed by atoms with Gasteiger partial charge in [0.25, 0.3) is 0 Å². The number of ether oxygens (including phenoxy) is 3. The number of rotatable bonds is 5. The zero-order valence-corrected chi connectivity index (χ0v) is 13.9. The van der Waals surface area contributed by atoms with Crippen LogP contribution >= 0.6 is 11.6 Å². The van der Waals surface area contributed by atoms with Gasteiger partial charge in [0.1, 0.15) is 0 Å². The van der Waals surface area contributed by atoms with Crippen molar-refractivity contribution >= 4 is 17.3 Å². The van der Waals surface area contributed by atoms with Crippen molar-refractivity contribution in [1.29, 1.82) is 0 Å². The Morgan fingerprint density at radius 2 is 1.90 bits per heavy atom. The molecule has 0 radical (unpaired) electrons. The van der Waals surface area contributed by atoms with Crippen molar-refractivity contribution in [2.24, 2.45) is 5.92 Å². The molecule has 1 aliphatic heterocycles. The van der Waals surface area contributed by atoms with Gasteiger partial charge in [-0.2, -0.15) is 0 Å². The van der Waals surface area contributed by atoms with Gasteiger partial charge in [0.2, 0.25) is 0 Å². The quantitative estimate of drug-likeness (QED) is 0.892. The fourth-order valence-electron chi connectivity index (χ4n) is 2.61. The molecule has 1 aromatic carbocycles. The van der Waals surface area contributed by atoms with Gasteiger partial charge >= 0.3 is 0 Å². The van der Waals surface area contributed by atoms with Gasteiger partial charge in [-0.15, -0.1) is 0 Å². The lowest BCUT2D eigenvalue weighted by Gasteiger charge is -2.33. The molecule has 0 aliphatic carbocycles. The molecule has 1 saturated heterocycles. The third-order valence-electron chi connectivity index (χ3n) is 3.89. The minimum absolute atomic E-state index is 0.301. The molecule has 118 valence electrons. The molecule has 0 amide bonds. The Bertz CT molecular complexity index is 479. The number of hydrogen-bond donors (Lipinski definition) is 1. The van der Waals surface area contributed by atoms with E-state index in [0.717, 1.165) is 25.1 Å². The molecule has 1 aromatic rings. The number of nitrogens with one attached hydrogen (secondary N) is 1. The van der Waals surface area contributed by atoms with E-state index in [2.05, 4.69) is 19.2 Å². The van der Waals surface area contributed by atoms with E-state index in [1.54, 1.807) is 20.3 Å². The lowest BCUT2D eigenvalue weighted by Crippen LogP contribution is -2.36. The van der Waals surface area contributed by atoms with Crippen molar-refractivity contribution in [2.45, 2.75) is 38.8 Å². The van der Waals surface area contributed by atoms with Crippen LogP contribution in [-0.4, -0.2) is 33.0 Å². The van der Waals surface area contributed by atoms with Crippen molar-refractivity contribution in [1.82, 2.24) is 0 Å². The number of halogens is 1. The number of methoxy groups -OCH3 is 2. The first-order chi connectivity index (χ1) is 10.0. The second kappa shape index (κ2) is 7.23. The third kappa shape index (κ3) is 3.95. The number of benzene rings is 1. The Hall–Kier alpha value is -1.13. The van der Waals surface area contributed by atoms with Gasteiger partial charge < -0.3 is 19.5 Å². The summed E-state index contributed by atoms with van der Waals surface area (Å²) in [5.74, 6) is 1.84. The van der Waals surface area contributed by atoms with E-state index in [9.17, 15) is 0 Å². The van der Waals surface area contributed by atoms with Crippen molar-refractivity contribution in [2.75, 3.05) is 26.1 Å². The molecule has 1 N–H and O–H groups in total. The third-order valence-corrected chi connectivity index (χ3v) is 4.20. The zero-order valence-electron chi connectivity index (χ0n) is 13.1. The zero-order chi connectivity index (χ0) is 15.4. The molecular formula is C16H24ClNO3. The molecule has 2 atom stereocenters. The lowest BCUT2D eigenvalue weighted by atomic mass is 9.95. The molecule has 21 heavy (non-hydrogen) atoms. The van der Waals surface area contributed by atoms with E-state index in [-0.39, 0.29) is 0 Å². The van der Waals surface area contributed by atoms with E-state index in [1.807, 2.05) is 6.07 Å². The van der Waals surface area contributed by atoms with Crippen LogP contribution in [0.1, 0.15) is 26.7 Å². The topological polar surface area (TPSA) is 39.7 Å². The Balaban J connectivity index is 2.12. The standard InChI is InChI=1S/C16H24ClNO3/c1-10(2)14-7-11(5-6-21-14)18-13-9-16(20-4)15(19-3)8-12(13)17/h8-11,14,18H,5-7H2,1-4H3. The second-order valence-corrected chi connectivity index (χ2v) is 6.11. The van der Waals surface area contributed by atoms with Crippen LogP contribution in [-0.2, 0) is 4.74 Å². The maximum absolute atomic E-state index is 6.33. The van der Waals surface area contributed by atoms with Crippen LogP contribution in [0.25, 0.3) is 0 Å². The predicted molar refractivity (Wildman–Crippen MR) is 85.8 cm³/mol. The summed E-state index contributed by atoms with van der Waals surface area (Å²) in [7, 11) is 3.23. The first-order valence-corrected chi connectivity index (χ1v) is 7.72. The number of hydrogen-bond acceptors (Lipinski definition) is 4. The summed E-state index contributed by atoms with van der Waals surface area (Å²) in [5.41, 5.74) is 0.878. The summed E-state index contributed by atoms with van der Waals surface area (Å²) in [6.45, 7) is 5.16. The molecule has 5 heteroatoms. The van der Waals surface area contributed by atoms with Gasteiger partial charge in [0.15, 0.2) is 11.5 Å². The maximum Gasteiger partial charge on any atom is 0.162 e. The Labute approximate surface area is 131 Å². The summed E-state index contributed by atoms with van der Waals surface area (Å²) < 4.78 is 16.4. The van der Waals surface area contributed by atoms with Gasteiger partial charge in [0, 0.05) is 24.8 Å². The predicted octanol–water partition coefficient (Wildman–Crippen LogP) is 3.97. The fourth-order valence-corrected chi connectivity index (χ4v) is 2.82. The average molecular weight is 314 g/mol. The van der Waals surface area contributed by atoms with Crippen LogP contribution < -0.4 is 14.8 Å². The van der Waals surface area contributed by atoms with E-state index >= 15 is 0 Å². The highest BCUT2D eigenvalue weighted by molar-refractivity contribution is 6.33. The highest BCUT2D eigenvalue weighted by Gasteiger charge is 2.25. The first-order valence-electron chi connectivity index (χ1n) is 7.34. The van der Waals surface area contributed by atoms with Gasteiger partial charge in [-0.25, -0.2) is 0 Å². The molecule has 4 nitrogen and oxygen atoms in total. The van der Waals surface area contributed by atoms with Crippen molar-refractivity contribution in [3.63, 3.8) is 0 Å².